The van der Waals surface area contributed by atoms with Gasteiger partial charge >= 0.3 is 0 Å². The molecule has 19 heavy (non-hydrogen) atoms. The van der Waals surface area contributed by atoms with Gasteiger partial charge in [-0.1, -0.05) is 19.9 Å². The molecule has 1 atom stereocenters. The molecule has 2 rings (SSSR count). The number of benzene rings is 1. The molecule has 106 valence electrons. The fourth-order valence-corrected chi connectivity index (χ4v) is 2.70. The minimum atomic E-state index is -0.619. The lowest BCUT2D eigenvalue weighted by Gasteiger charge is -2.25. The van der Waals surface area contributed by atoms with Gasteiger partial charge in [0.25, 0.3) is 0 Å². The molecule has 0 saturated carbocycles. The van der Waals surface area contributed by atoms with Crippen LogP contribution in [0.2, 0.25) is 0 Å². The molecule has 1 aromatic carbocycles. The molecular formula is C16H24FNO. The first-order valence-corrected chi connectivity index (χ1v) is 7.11. The molecule has 1 fully saturated rings. The normalized spacial score (nSPS) is 21.0. The standard InChI is InChI=1S/C16H24FNO/c1-12(19)13-5-6-15(14(17)11-13)18-9-4-7-16(2,3)8-10-18/h5-6,11-12,19H,4,7-10H2,1-3H3. The Kier molecular flexibility index (Phi) is 4.14. The summed E-state index contributed by atoms with van der Waals surface area (Å²) in [4.78, 5) is 2.13. The Morgan fingerprint density at radius 1 is 1.26 bits per heavy atom. The fraction of sp³-hybridized carbons (Fsp3) is 0.625. The molecule has 0 radical (unpaired) electrons. The van der Waals surface area contributed by atoms with E-state index in [0.29, 0.717) is 16.7 Å². The molecule has 0 bridgehead atoms. The molecule has 1 aliphatic heterocycles. The predicted octanol–water partition coefficient (Wildman–Crippen LogP) is 3.90. The minimum Gasteiger partial charge on any atom is -0.389 e. The van der Waals surface area contributed by atoms with E-state index in [2.05, 4.69) is 18.7 Å². The van der Waals surface area contributed by atoms with Crippen LogP contribution in [0.3, 0.4) is 0 Å². The zero-order valence-electron chi connectivity index (χ0n) is 12.1. The van der Waals surface area contributed by atoms with Crippen LogP contribution in [-0.4, -0.2) is 18.2 Å². The topological polar surface area (TPSA) is 23.5 Å². The van der Waals surface area contributed by atoms with Gasteiger partial charge in [-0.2, -0.15) is 0 Å². The van der Waals surface area contributed by atoms with Gasteiger partial charge in [0.05, 0.1) is 11.8 Å². The van der Waals surface area contributed by atoms with Crippen molar-refractivity contribution >= 4 is 5.69 Å². The number of hydrogen-bond acceptors (Lipinski definition) is 2. The molecule has 2 nitrogen and oxygen atoms in total. The highest BCUT2D eigenvalue weighted by atomic mass is 19.1. The van der Waals surface area contributed by atoms with Crippen molar-refractivity contribution in [1.29, 1.82) is 0 Å². The molecule has 1 unspecified atom stereocenters. The van der Waals surface area contributed by atoms with Gasteiger partial charge in [0, 0.05) is 13.1 Å². The summed E-state index contributed by atoms with van der Waals surface area (Å²) in [7, 11) is 0. The summed E-state index contributed by atoms with van der Waals surface area (Å²) < 4.78 is 14.2. The van der Waals surface area contributed by atoms with E-state index < -0.39 is 6.10 Å². The lowest BCUT2D eigenvalue weighted by atomic mass is 9.85. The summed E-state index contributed by atoms with van der Waals surface area (Å²) in [6, 6.07) is 5.07. The largest absolute Gasteiger partial charge is 0.389 e. The molecule has 1 aliphatic rings. The van der Waals surface area contributed by atoms with Crippen LogP contribution in [0.4, 0.5) is 10.1 Å². The van der Waals surface area contributed by atoms with E-state index in [1.807, 2.05) is 6.07 Å². The maximum Gasteiger partial charge on any atom is 0.146 e. The second-order valence-electron chi connectivity index (χ2n) is 6.39. The Hall–Kier alpha value is -1.09. The van der Waals surface area contributed by atoms with Crippen molar-refractivity contribution in [2.45, 2.75) is 46.1 Å². The highest BCUT2D eigenvalue weighted by Crippen LogP contribution is 2.33. The number of rotatable bonds is 2. The second-order valence-corrected chi connectivity index (χ2v) is 6.39. The summed E-state index contributed by atoms with van der Waals surface area (Å²) in [5, 5.41) is 9.48. The highest BCUT2D eigenvalue weighted by Gasteiger charge is 2.24. The van der Waals surface area contributed by atoms with Crippen molar-refractivity contribution < 1.29 is 9.50 Å². The Bertz CT molecular complexity index is 442. The fourth-order valence-electron chi connectivity index (χ4n) is 2.70. The Morgan fingerprint density at radius 2 is 2.00 bits per heavy atom. The first-order chi connectivity index (χ1) is 8.89. The summed E-state index contributed by atoms with van der Waals surface area (Å²) in [6.45, 7) is 8.03. The first-order valence-electron chi connectivity index (χ1n) is 7.11. The SMILES string of the molecule is CC(O)c1ccc(N2CCCC(C)(C)CC2)c(F)c1. The lowest BCUT2D eigenvalue weighted by molar-refractivity contribution is 0.199. The molecule has 1 aromatic rings. The van der Waals surface area contributed by atoms with Crippen LogP contribution < -0.4 is 4.90 Å². The van der Waals surface area contributed by atoms with E-state index in [4.69, 9.17) is 0 Å². The number of aliphatic hydroxyl groups is 1. The average molecular weight is 265 g/mol. The predicted molar refractivity (Wildman–Crippen MR) is 76.9 cm³/mol. The summed E-state index contributed by atoms with van der Waals surface area (Å²) in [6.07, 6.45) is 2.76. The summed E-state index contributed by atoms with van der Waals surface area (Å²) in [5.74, 6) is -0.224. The zero-order valence-corrected chi connectivity index (χ0v) is 12.1. The van der Waals surface area contributed by atoms with E-state index >= 15 is 0 Å². The van der Waals surface area contributed by atoms with Crippen molar-refractivity contribution in [3.63, 3.8) is 0 Å². The maximum atomic E-state index is 14.2. The number of hydrogen-bond donors (Lipinski definition) is 1. The average Bonchev–Trinajstić information content (AvgIpc) is 2.50. The van der Waals surface area contributed by atoms with Crippen LogP contribution in [-0.2, 0) is 0 Å². The van der Waals surface area contributed by atoms with Gasteiger partial charge in [-0.15, -0.1) is 0 Å². The number of nitrogens with zero attached hydrogens (tertiary/aromatic N) is 1. The third-order valence-corrected chi connectivity index (χ3v) is 4.13. The van der Waals surface area contributed by atoms with Crippen molar-refractivity contribution in [3.05, 3.63) is 29.6 Å². The van der Waals surface area contributed by atoms with E-state index in [1.165, 1.54) is 12.5 Å². The Labute approximate surface area is 115 Å². The van der Waals surface area contributed by atoms with E-state index in [-0.39, 0.29) is 5.82 Å². The van der Waals surface area contributed by atoms with Gasteiger partial charge in [-0.05, 0) is 49.3 Å². The molecular weight excluding hydrogens is 241 g/mol. The second kappa shape index (κ2) is 5.49. The van der Waals surface area contributed by atoms with Crippen LogP contribution in [0, 0.1) is 11.2 Å². The molecule has 1 saturated heterocycles. The Balaban J connectivity index is 2.18. The van der Waals surface area contributed by atoms with Gasteiger partial charge in [-0.25, -0.2) is 4.39 Å². The van der Waals surface area contributed by atoms with Gasteiger partial charge in [0.2, 0.25) is 0 Å². The van der Waals surface area contributed by atoms with Crippen molar-refractivity contribution in [2.75, 3.05) is 18.0 Å². The molecule has 3 heteroatoms. The van der Waals surface area contributed by atoms with Crippen LogP contribution in [0.1, 0.15) is 51.7 Å². The highest BCUT2D eigenvalue weighted by molar-refractivity contribution is 5.49. The molecule has 0 aromatic heterocycles. The van der Waals surface area contributed by atoms with Gasteiger partial charge in [0.1, 0.15) is 5.82 Å². The molecule has 1 N–H and O–H groups in total. The quantitative estimate of drug-likeness (QED) is 0.876. The molecule has 0 spiro atoms. The third kappa shape index (κ3) is 3.47. The maximum absolute atomic E-state index is 14.2. The Morgan fingerprint density at radius 3 is 2.63 bits per heavy atom. The molecule has 1 heterocycles. The molecule has 0 amide bonds. The molecule has 0 aliphatic carbocycles. The van der Waals surface area contributed by atoms with Crippen LogP contribution in [0.5, 0.6) is 0 Å². The number of anilines is 1. The monoisotopic (exact) mass is 265 g/mol. The van der Waals surface area contributed by atoms with Gasteiger partial charge < -0.3 is 10.0 Å². The van der Waals surface area contributed by atoms with E-state index in [0.717, 1.165) is 25.9 Å². The first kappa shape index (κ1) is 14.3. The third-order valence-electron chi connectivity index (χ3n) is 4.13. The van der Waals surface area contributed by atoms with E-state index in [9.17, 15) is 9.50 Å². The van der Waals surface area contributed by atoms with Gasteiger partial charge in [0.15, 0.2) is 0 Å². The lowest BCUT2D eigenvalue weighted by Crippen LogP contribution is -2.26. The van der Waals surface area contributed by atoms with Crippen LogP contribution >= 0.6 is 0 Å². The van der Waals surface area contributed by atoms with E-state index in [1.54, 1.807) is 13.0 Å². The van der Waals surface area contributed by atoms with Crippen LogP contribution in [0.15, 0.2) is 18.2 Å². The summed E-state index contributed by atoms with van der Waals surface area (Å²) in [5.41, 5.74) is 1.66. The summed E-state index contributed by atoms with van der Waals surface area (Å²) >= 11 is 0. The zero-order chi connectivity index (χ0) is 14.0. The smallest absolute Gasteiger partial charge is 0.146 e. The van der Waals surface area contributed by atoms with Gasteiger partial charge in [-0.3, -0.25) is 0 Å². The van der Waals surface area contributed by atoms with Crippen molar-refractivity contribution in [3.8, 4) is 0 Å². The van der Waals surface area contributed by atoms with Crippen LogP contribution in [0.25, 0.3) is 0 Å². The number of halogens is 1. The van der Waals surface area contributed by atoms with Crippen molar-refractivity contribution in [2.24, 2.45) is 5.41 Å². The minimum absolute atomic E-state index is 0.224. The van der Waals surface area contributed by atoms with Crippen molar-refractivity contribution in [1.82, 2.24) is 0 Å². The number of aliphatic hydroxyl groups excluding tert-OH is 1.